The topological polar surface area (TPSA) is 101 Å². The molecule has 2 aliphatic heterocycles. The quantitative estimate of drug-likeness (QED) is 0.781. The number of nitrogens with zero attached hydrogens (tertiary/aromatic N) is 2. The summed E-state index contributed by atoms with van der Waals surface area (Å²) in [6, 6.07) is 5.45. The van der Waals surface area contributed by atoms with Crippen LogP contribution in [0.5, 0.6) is 0 Å². The van der Waals surface area contributed by atoms with Crippen LogP contribution in [0.2, 0.25) is 0 Å². The molecule has 2 heterocycles. The molecule has 2 N–H and O–H groups in total. The first kappa shape index (κ1) is 20.6. The Morgan fingerprint density at radius 2 is 1.56 bits per heavy atom. The van der Waals surface area contributed by atoms with Crippen molar-refractivity contribution in [2.45, 2.75) is 41.5 Å². The molecule has 7 nitrogen and oxygen atoms in total. The van der Waals surface area contributed by atoms with Gasteiger partial charge < -0.3 is 5.73 Å². The van der Waals surface area contributed by atoms with Crippen LogP contribution in [0.3, 0.4) is 0 Å². The highest BCUT2D eigenvalue weighted by atomic mass is 35.5. The lowest BCUT2D eigenvalue weighted by Crippen LogP contribution is -2.39. The molecular formula is C15H24ClN3O4S2. The third-order valence-corrected chi connectivity index (χ3v) is 8.55. The minimum absolute atomic E-state index is 0. The van der Waals surface area contributed by atoms with Crippen LogP contribution in [0.15, 0.2) is 34.1 Å². The Labute approximate surface area is 155 Å². The molecule has 1 atom stereocenters. The summed E-state index contributed by atoms with van der Waals surface area (Å²) in [4.78, 5) is 0.0529. The van der Waals surface area contributed by atoms with Gasteiger partial charge in [-0.3, -0.25) is 0 Å². The maximum atomic E-state index is 12.9. The molecule has 2 aliphatic rings. The van der Waals surface area contributed by atoms with Gasteiger partial charge in [0.25, 0.3) is 0 Å². The summed E-state index contributed by atoms with van der Waals surface area (Å²) in [5.41, 5.74) is 5.67. The number of rotatable bonds is 5. The molecule has 2 saturated heterocycles. The molecule has 0 bridgehead atoms. The van der Waals surface area contributed by atoms with Crippen molar-refractivity contribution in [3.63, 3.8) is 0 Å². The number of sulfonamides is 2. The van der Waals surface area contributed by atoms with E-state index in [1.165, 1.54) is 32.9 Å². The van der Waals surface area contributed by atoms with Gasteiger partial charge in [-0.15, -0.1) is 12.4 Å². The predicted molar refractivity (Wildman–Crippen MR) is 97.7 cm³/mol. The van der Waals surface area contributed by atoms with E-state index in [0.29, 0.717) is 19.6 Å². The Balaban J connectivity index is 0.00000225. The Bertz CT molecular complexity index is 808. The lowest BCUT2D eigenvalue weighted by atomic mass is 10.2. The molecule has 1 aromatic carbocycles. The average Bonchev–Trinajstić information content (AvgIpc) is 3.26. The molecule has 0 radical (unpaired) electrons. The summed E-state index contributed by atoms with van der Waals surface area (Å²) in [7, 11) is -7.37. The summed E-state index contributed by atoms with van der Waals surface area (Å²) in [5, 5.41) is 0. The first-order valence-electron chi connectivity index (χ1n) is 8.19. The second kappa shape index (κ2) is 7.89. The van der Waals surface area contributed by atoms with Gasteiger partial charge in [0.15, 0.2) is 0 Å². The van der Waals surface area contributed by atoms with Crippen molar-refractivity contribution in [1.82, 2.24) is 8.61 Å². The highest BCUT2D eigenvalue weighted by Gasteiger charge is 2.35. The van der Waals surface area contributed by atoms with E-state index in [-0.39, 0.29) is 34.8 Å². The van der Waals surface area contributed by atoms with Crippen molar-refractivity contribution in [2.24, 2.45) is 5.73 Å². The maximum Gasteiger partial charge on any atom is 0.243 e. The summed E-state index contributed by atoms with van der Waals surface area (Å²) in [6.07, 6.45) is 3.18. The minimum atomic E-state index is -3.74. The Hall–Kier alpha value is -0.710. The van der Waals surface area contributed by atoms with E-state index in [9.17, 15) is 16.8 Å². The molecule has 0 aliphatic carbocycles. The third-order valence-electron chi connectivity index (χ3n) is 4.71. The van der Waals surface area contributed by atoms with Gasteiger partial charge >= 0.3 is 0 Å². The number of hydrogen-bond donors (Lipinski definition) is 1. The number of nitrogens with two attached hydrogens (primary N) is 1. The normalized spacial score (nSPS) is 22.8. The highest BCUT2D eigenvalue weighted by molar-refractivity contribution is 7.90. The van der Waals surface area contributed by atoms with E-state index >= 15 is 0 Å². The molecule has 142 valence electrons. The summed E-state index contributed by atoms with van der Waals surface area (Å²) in [5.74, 6) is 0. The van der Waals surface area contributed by atoms with Gasteiger partial charge in [-0.1, -0.05) is 6.07 Å². The second-order valence-electron chi connectivity index (χ2n) is 6.23. The summed E-state index contributed by atoms with van der Waals surface area (Å²) in [6.45, 7) is 1.67. The molecule has 10 heteroatoms. The number of benzene rings is 1. The number of hydrogen-bond acceptors (Lipinski definition) is 5. The molecule has 25 heavy (non-hydrogen) atoms. The molecule has 0 aromatic heterocycles. The van der Waals surface area contributed by atoms with Crippen molar-refractivity contribution in [1.29, 1.82) is 0 Å². The van der Waals surface area contributed by atoms with E-state index in [4.69, 9.17) is 5.73 Å². The van der Waals surface area contributed by atoms with E-state index in [1.54, 1.807) is 0 Å². The van der Waals surface area contributed by atoms with E-state index in [0.717, 1.165) is 25.7 Å². The maximum absolute atomic E-state index is 12.9. The molecular weight excluding hydrogens is 386 g/mol. The van der Waals surface area contributed by atoms with Crippen LogP contribution in [-0.2, 0) is 20.0 Å². The summed E-state index contributed by atoms with van der Waals surface area (Å²) >= 11 is 0. The molecule has 1 unspecified atom stereocenters. The number of halogens is 1. The van der Waals surface area contributed by atoms with Crippen LogP contribution >= 0.6 is 12.4 Å². The SMILES string of the molecule is Cl.NCC1CCCN1S(=O)(=O)c1cccc(S(=O)(=O)N2CCCC2)c1. The third kappa shape index (κ3) is 3.86. The fourth-order valence-electron chi connectivity index (χ4n) is 3.37. The van der Waals surface area contributed by atoms with Crippen LogP contribution < -0.4 is 5.73 Å². The minimum Gasteiger partial charge on any atom is -0.329 e. The van der Waals surface area contributed by atoms with E-state index in [2.05, 4.69) is 0 Å². The monoisotopic (exact) mass is 409 g/mol. The molecule has 0 spiro atoms. The lowest BCUT2D eigenvalue weighted by molar-refractivity contribution is 0.393. The molecule has 2 fully saturated rings. The largest absolute Gasteiger partial charge is 0.329 e. The van der Waals surface area contributed by atoms with Crippen LogP contribution in [0, 0.1) is 0 Å². The van der Waals surface area contributed by atoms with E-state index in [1.807, 2.05) is 0 Å². The average molecular weight is 410 g/mol. The molecule has 0 saturated carbocycles. The van der Waals surface area contributed by atoms with Crippen LogP contribution in [-0.4, -0.2) is 57.7 Å². The predicted octanol–water partition coefficient (Wildman–Crippen LogP) is 1.00. The highest BCUT2D eigenvalue weighted by Crippen LogP contribution is 2.28. The van der Waals surface area contributed by atoms with Crippen molar-refractivity contribution in [3.8, 4) is 0 Å². The Morgan fingerprint density at radius 3 is 2.16 bits per heavy atom. The fraction of sp³-hybridized carbons (Fsp3) is 0.600. The summed E-state index contributed by atoms with van der Waals surface area (Å²) < 4.78 is 53.8. The van der Waals surface area contributed by atoms with Gasteiger partial charge in [-0.05, 0) is 43.9 Å². The van der Waals surface area contributed by atoms with Gasteiger partial charge in [0.1, 0.15) is 0 Å². The molecule has 1 aromatic rings. The van der Waals surface area contributed by atoms with Crippen molar-refractivity contribution in [2.75, 3.05) is 26.2 Å². The van der Waals surface area contributed by atoms with Gasteiger partial charge in [-0.2, -0.15) is 8.61 Å². The fourth-order valence-corrected chi connectivity index (χ4v) is 6.76. The van der Waals surface area contributed by atoms with Crippen LogP contribution in [0.4, 0.5) is 0 Å². The van der Waals surface area contributed by atoms with Gasteiger partial charge in [0, 0.05) is 32.2 Å². The van der Waals surface area contributed by atoms with Gasteiger partial charge in [0.05, 0.1) is 9.79 Å². The Morgan fingerprint density at radius 1 is 0.960 bits per heavy atom. The second-order valence-corrected chi connectivity index (χ2v) is 10.1. The zero-order valence-corrected chi connectivity index (χ0v) is 16.3. The van der Waals surface area contributed by atoms with Gasteiger partial charge in [-0.25, -0.2) is 16.8 Å². The first-order chi connectivity index (χ1) is 11.4. The van der Waals surface area contributed by atoms with Crippen molar-refractivity contribution in [3.05, 3.63) is 24.3 Å². The Kier molecular flexibility index (Phi) is 6.50. The molecule has 3 rings (SSSR count). The van der Waals surface area contributed by atoms with Crippen LogP contribution in [0.1, 0.15) is 25.7 Å². The standard InChI is InChI=1S/C15H23N3O4S2.ClH/c16-12-13-5-4-10-18(13)24(21,22)15-7-3-6-14(11-15)23(19,20)17-8-1-2-9-17;/h3,6-7,11,13H,1-2,4-5,8-10,12,16H2;1H. The van der Waals surface area contributed by atoms with Crippen LogP contribution in [0.25, 0.3) is 0 Å². The zero-order valence-electron chi connectivity index (χ0n) is 13.9. The van der Waals surface area contributed by atoms with Crippen molar-refractivity contribution >= 4 is 32.5 Å². The van der Waals surface area contributed by atoms with Crippen molar-refractivity contribution < 1.29 is 16.8 Å². The molecule has 0 amide bonds. The lowest BCUT2D eigenvalue weighted by Gasteiger charge is -2.23. The van der Waals surface area contributed by atoms with Gasteiger partial charge in [0.2, 0.25) is 20.0 Å². The zero-order chi connectivity index (χ0) is 17.4. The first-order valence-corrected chi connectivity index (χ1v) is 11.1. The van der Waals surface area contributed by atoms with E-state index < -0.39 is 20.0 Å². The smallest absolute Gasteiger partial charge is 0.243 e.